The fourth-order valence-corrected chi connectivity index (χ4v) is 2.45. The van der Waals surface area contributed by atoms with E-state index in [2.05, 4.69) is 15.6 Å². The zero-order valence-electron chi connectivity index (χ0n) is 13.2. The molecule has 0 fully saturated rings. The second-order valence-electron chi connectivity index (χ2n) is 5.19. The maximum Gasteiger partial charge on any atom is 0.265 e. The molecule has 1 N–H and O–H groups in total. The first kappa shape index (κ1) is 17.3. The fraction of sp³-hybridized carbons (Fsp3) is 0.118. The van der Waals surface area contributed by atoms with E-state index in [-0.39, 0.29) is 5.91 Å². The summed E-state index contributed by atoms with van der Waals surface area (Å²) in [6.45, 7) is 1.65. The van der Waals surface area contributed by atoms with Crippen molar-refractivity contribution in [1.82, 2.24) is 15.0 Å². The molecule has 0 radical (unpaired) electrons. The van der Waals surface area contributed by atoms with Crippen LogP contribution in [0, 0.1) is 0 Å². The summed E-state index contributed by atoms with van der Waals surface area (Å²) in [6.07, 6.45) is 2.52. The summed E-state index contributed by atoms with van der Waals surface area (Å²) >= 11 is 11.8. The number of nitrogens with one attached hydrogen (secondary N) is 1. The highest BCUT2D eigenvalue weighted by Gasteiger charge is 2.17. The molecule has 2 aromatic carbocycles. The molecule has 0 spiro atoms. The molecule has 0 aliphatic rings. The van der Waals surface area contributed by atoms with Gasteiger partial charge >= 0.3 is 0 Å². The average molecular weight is 377 g/mol. The van der Waals surface area contributed by atoms with Crippen molar-refractivity contribution in [2.24, 2.45) is 0 Å². The first-order valence-electron chi connectivity index (χ1n) is 7.43. The van der Waals surface area contributed by atoms with Crippen molar-refractivity contribution in [1.29, 1.82) is 0 Å². The van der Waals surface area contributed by atoms with Crippen molar-refractivity contribution in [2.45, 2.75) is 13.0 Å². The van der Waals surface area contributed by atoms with Crippen molar-refractivity contribution in [3.05, 3.63) is 64.9 Å². The van der Waals surface area contributed by atoms with Crippen molar-refractivity contribution >= 4 is 34.8 Å². The molecule has 1 heterocycles. The topological polar surface area (TPSA) is 69.0 Å². The van der Waals surface area contributed by atoms with Gasteiger partial charge in [-0.25, -0.2) is 4.68 Å². The van der Waals surface area contributed by atoms with Crippen LogP contribution in [0.25, 0.3) is 5.69 Å². The van der Waals surface area contributed by atoms with Crippen LogP contribution in [0.4, 0.5) is 5.69 Å². The summed E-state index contributed by atoms with van der Waals surface area (Å²) < 4.78 is 7.19. The van der Waals surface area contributed by atoms with E-state index in [4.69, 9.17) is 27.9 Å². The normalized spacial score (nSPS) is 11.8. The molecule has 3 aromatic rings. The quantitative estimate of drug-likeness (QED) is 0.730. The Kier molecular flexibility index (Phi) is 5.21. The van der Waals surface area contributed by atoms with Crippen LogP contribution in [0.5, 0.6) is 5.75 Å². The Bertz CT molecular complexity index is 884. The van der Waals surface area contributed by atoms with Crippen LogP contribution in [0.3, 0.4) is 0 Å². The molecule has 1 unspecified atom stereocenters. The monoisotopic (exact) mass is 376 g/mol. The molecule has 6 nitrogen and oxygen atoms in total. The summed E-state index contributed by atoms with van der Waals surface area (Å²) in [5.41, 5.74) is 1.30. The van der Waals surface area contributed by atoms with E-state index in [1.54, 1.807) is 48.3 Å². The van der Waals surface area contributed by atoms with Crippen molar-refractivity contribution in [2.75, 3.05) is 5.32 Å². The Morgan fingerprint density at radius 1 is 1.20 bits per heavy atom. The number of benzene rings is 2. The second kappa shape index (κ2) is 7.55. The lowest BCUT2D eigenvalue weighted by molar-refractivity contribution is -0.122. The van der Waals surface area contributed by atoms with Gasteiger partial charge in [-0.1, -0.05) is 40.5 Å². The fourth-order valence-electron chi connectivity index (χ4n) is 2.16. The molecule has 3 rings (SSSR count). The minimum Gasteiger partial charge on any atom is -0.481 e. The predicted molar refractivity (Wildman–Crippen MR) is 96.5 cm³/mol. The Balaban J connectivity index is 1.73. The number of para-hydroxylation sites is 2. The smallest absolute Gasteiger partial charge is 0.265 e. The number of aromatic nitrogens is 3. The summed E-state index contributed by atoms with van der Waals surface area (Å²) in [4.78, 5) is 12.5. The highest BCUT2D eigenvalue weighted by atomic mass is 35.5. The molecule has 0 aliphatic heterocycles. The minimum atomic E-state index is -0.735. The lowest BCUT2D eigenvalue weighted by Crippen LogP contribution is -2.30. The number of ether oxygens (including phenoxy) is 1. The first-order chi connectivity index (χ1) is 12.0. The number of nitrogens with zero attached hydrogens (tertiary/aromatic N) is 3. The second-order valence-corrected chi connectivity index (χ2v) is 6.00. The standard InChI is InChI=1S/C17H14Cl2N4O2/c1-11(25-12-6-7-13(18)14(19)10-12)17(24)21-15-4-2-3-5-16(15)23-9-8-20-22-23/h2-11H,1H3,(H,21,24). The summed E-state index contributed by atoms with van der Waals surface area (Å²) in [5, 5.41) is 11.3. The maximum atomic E-state index is 12.5. The van der Waals surface area contributed by atoms with E-state index in [9.17, 15) is 4.79 Å². The Morgan fingerprint density at radius 2 is 2.00 bits per heavy atom. The minimum absolute atomic E-state index is 0.307. The van der Waals surface area contributed by atoms with Gasteiger partial charge in [0.1, 0.15) is 5.75 Å². The van der Waals surface area contributed by atoms with E-state index in [0.29, 0.717) is 27.2 Å². The molecule has 8 heteroatoms. The number of hydrogen-bond acceptors (Lipinski definition) is 4. The van der Waals surface area contributed by atoms with Crippen LogP contribution in [0.2, 0.25) is 10.0 Å². The van der Waals surface area contributed by atoms with Crippen LogP contribution in [-0.4, -0.2) is 27.0 Å². The van der Waals surface area contributed by atoms with Crippen LogP contribution < -0.4 is 10.1 Å². The number of rotatable bonds is 5. The van der Waals surface area contributed by atoms with Gasteiger partial charge in [-0.05, 0) is 31.2 Å². The van der Waals surface area contributed by atoms with E-state index in [1.165, 1.54) is 0 Å². The SMILES string of the molecule is CC(Oc1ccc(Cl)c(Cl)c1)C(=O)Nc1ccccc1-n1ccnn1. The lowest BCUT2D eigenvalue weighted by atomic mass is 10.2. The number of carbonyl (C=O) groups is 1. The highest BCUT2D eigenvalue weighted by molar-refractivity contribution is 6.42. The van der Waals surface area contributed by atoms with Gasteiger partial charge in [-0.15, -0.1) is 5.10 Å². The van der Waals surface area contributed by atoms with Crippen LogP contribution in [-0.2, 0) is 4.79 Å². The number of amides is 1. The largest absolute Gasteiger partial charge is 0.481 e. The van der Waals surface area contributed by atoms with Gasteiger partial charge in [0.25, 0.3) is 5.91 Å². The third kappa shape index (κ3) is 4.10. The van der Waals surface area contributed by atoms with E-state index >= 15 is 0 Å². The summed E-state index contributed by atoms with van der Waals surface area (Å²) in [6, 6.07) is 12.1. The molecular weight excluding hydrogens is 363 g/mol. The third-order valence-electron chi connectivity index (χ3n) is 3.40. The zero-order chi connectivity index (χ0) is 17.8. The summed E-state index contributed by atoms with van der Waals surface area (Å²) in [5.74, 6) is 0.153. The molecule has 1 amide bonds. The first-order valence-corrected chi connectivity index (χ1v) is 8.18. The molecule has 25 heavy (non-hydrogen) atoms. The van der Waals surface area contributed by atoms with Gasteiger partial charge in [0.05, 0.1) is 33.8 Å². The molecule has 1 atom stereocenters. The summed E-state index contributed by atoms with van der Waals surface area (Å²) in [7, 11) is 0. The van der Waals surface area contributed by atoms with Gasteiger partial charge < -0.3 is 10.1 Å². The molecule has 1 aromatic heterocycles. The van der Waals surface area contributed by atoms with E-state index < -0.39 is 6.10 Å². The number of hydrogen-bond donors (Lipinski definition) is 1. The Hall–Kier alpha value is -2.57. The average Bonchev–Trinajstić information content (AvgIpc) is 3.13. The zero-order valence-corrected chi connectivity index (χ0v) is 14.7. The Morgan fingerprint density at radius 3 is 2.72 bits per heavy atom. The molecule has 0 aliphatic carbocycles. The van der Waals surface area contributed by atoms with E-state index in [1.807, 2.05) is 18.2 Å². The van der Waals surface area contributed by atoms with Crippen LogP contribution in [0.15, 0.2) is 54.9 Å². The van der Waals surface area contributed by atoms with Gasteiger partial charge in [0, 0.05) is 6.07 Å². The van der Waals surface area contributed by atoms with Crippen molar-refractivity contribution in [3.63, 3.8) is 0 Å². The number of halogens is 2. The molecule has 128 valence electrons. The highest BCUT2D eigenvalue weighted by Crippen LogP contribution is 2.27. The van der Waals surface area contributed by atoms with Crippen molar-refractivity contribution < 1.29 is 9.53 Å². The van der Waals surface area contributed by atoms with Crippen LogP contribution >= 0.6 is 23.2 Å². The molecule has 0 saturated carbocycles. The maximum absolute atomic E-state index is 12.5. The molecule has 0 bridgehead atoms. The van der Waals surface area contributed by atoms with Gasteiger partial charge in [-0.3, -0.25) is 4.79 Å². The third-order valence-corrected chi connectivity index (χ3v) is 4.14. The van der Waals surface area contributed by atoms with E-state index in [0.717, 1.165) is 0 Å². The lowest BCUT2D eigenvalue weighted by Gasteiger charge is -2.16. The van der Waals surface area contributed by atoms with Gasteiger partial charge in [-0.2, -0.15) is 0 Å². The van der Waals surface area contributed by atoms with Gasteiger partial charge in [0.15, 0.2) is 6.10 Å². The predicted octanol–water partition coefficient (Wildman–Crippen LogP) is 3.98. The Labute approximate surface area is 154 Å². The van der Waals surface area contributed by atoms with Crippen molar-refractivity contribution in [3.8, 4) is 11.4 Å². The molecule has 0 saturated heterocycles. The molecular formula is C17H14Cl2N4O2. The number of carbonyl (C=O) groups excluding carboxylic acids is 1. The van der Waals surface area contributed by atoms with Crippen LogP contribution in [0.1, 0.15) is 6.92 Å². The van der Waals surface area contributed by atoms with Gasteiger partial charge in [0.2, 0.25) is 0 Å². The number of anilines is 1.